The zero-order valence-corrected chi connectivity index (χ0v) is 21.8. The second-order valence-corrected chi connectivity index (χ2v) is 10.8. The predicted molar refractivity (Wildman–Crippen MR) is 132 cm³/mol. The summed E-state index contributed by atoms with van der Waals surface area (Å²) in [7, 11) is 0. The van der Waals surface area contributed by atoms with Crippen molar-refractivity contribution in [2.45, 2.75) is 85.1 Å². The van der Waals surface area contributed by atoms with Gasteiger partial charge in [0.15, 0.2) is 0 Å². The van der Waals surface area contributed by atoms with Crippen molar-refractivity contribution in [3.63, 3.8) is 0 Å². The molecule has 0 saturated carbocycles. The molecule has 1 heterocycles. The molecule has 35 heavy (non-hydrogen) atoms. The number of hydrogen-bond acceptors (Lipinski definition) is 7. The Bertz CT molecular complexity index is 939. The fourth-order valence-corrected chi connectivity index (χ4v) is 3.47. The Kier molecular flexibility index (Phi) is 8.80. The van der Waals surface area contributed by atoms with Crippen LogP contribution in [0.15, 0.2) is 12.1 Å². The van der Waals surface area contributed by atoms with Crippen LogP contribution in [-0.2, 0) is 9.47 Å². The van der Waals surface area contributed by atoms with E-state index in [1.54, 1.807) is 47.6 Å². The number of carbonyl (C=O) groups excluding carboxylic acids is 3. The van der Waals surface area contributed by atoms with Crippen molar-refractivity contribution >= 4 is 29.5 Å². The van der Waals surface area contributed by atoms with Gasteiger partial charge in [0.2, 0.25) is 0 Å². The first kappa shape index (κ1) is 28.0. The summed E-state index contributed by atoms with van der Waals surface area (Å²) >= 11 is 0. The molecular formula is C24H38FN5O5. The van der Waals surface area contributed by atoms with Gasteiger partial charge in [0.25, 0.3) is 5.91 Å². The van der Waals surface area contributed by atoms with Gasteiger partial charge < -0.3 is 25.0 Å². The van der Waals surface area contributed by atoms with E-state index in [1.165, 1.54) is 0 Å². The molecule has 11 heteroatoms. The highest BCUT2D eigenvalue weighted by molar-refractivity contribution is 6.01. The van der Waals surface area contributed by atoms with E-state index < -0.39 is 35.1 Å². The number of halogens is 1. The van der Waals surface area contributed by atoms with Crippen LogP contribution in [0.25, 0.3) is 0 Å². The standard InChI is InChI=1S/C24H38FN5O5/c1-14(2)26-18-12-19(30-10-9-15(13-30)27-21(32)34-23(3,4)5)17(25)11-16(18)20(31)28-29-22(33)35-24(6,7)8/h11-12,14-15,26H,9-10,13H2,1-8H3,(H,27,32)(H,28,31)(H,29,33). The number of rotatable bonds is 5. The maximum Gasteiger partial charge on any atom is 0.426 e. The van der Waals surface area contributed by atoms with Crippen molar-refractivity contribution in [1.82, 2.24) is 16.2 Å². The number of nitrogens with zero attached hydrogens (tertiary/aromatic N) is 1. The van der Waals surface area contributed by atoms with Crippen molar-refractivity contribution in [2.75, 3.05) is 23.3 Å². The molecule has 196 valence electrons. The number of nitrogens with one attached hydrogen (secondary N) is 4. The molecule has 0 spiro atoms. The van der Waals surface area contributed by atoms with Crippen molar-refractivity contribution in [3.05, 3.63) is 23.5 Å². The molecular weight excluding hydrogens is 457 g/mol. The average molecular weight is 496 g/mol. The molecule has 1 aliphatic rings. The van der Waals surface area contributed by atoms with Crippen molar-refractivity contribution in [3.8, 4) is 0 Å². The number of benzene rings is 1. The number of alkyl carbamates (subject to hydrolysis) is 1. The highest BCUT2D eigenvalue weighted by atomic mass is 19.1. The van der Waals surface area contributed by atoms with E-state index in [-0.39, 0.29) is 17.6 Å². The van der Waals surface area contributed by atoms with E-state index in [0.717, 1.165) is 6.07 Å². The molecule has 0 aromatic heterocycles. The van der Waals surface area contributed by atoms with Gasteiger partial charge in [-0.2, -0.15) is 0 Å². The minimum Gasteiger partial charge on any atom is -0.444 e. The van der Waals surface area contributed by atoms with Gasteiger partial charge in [-0.1, -0.05) is 0 Å². The van der Waals surface area contributed by atoms with Crippen molar-refractivity contribution < 1.29 is 28.2 Å². The second-order valence-electron chi connectivity index (χ2n) is 10.8. The molecule has 1 aromatic carbocycles. The van der Waals surface area contributed by atoms with Gasteiger partial charge in [-0.25, -0.2) is 19.4 Å². The Morgan fingerprint density at radius 2 is 1.60 bits per heavy atom. The van der Waals surface area contributed by atoms with E-state index in [4.69, 9.17) is 9.47 Å². The minimum absolute atomic E-state index is 0.0265. The Morgan fingerprint density at radius 1 is 1.00 bits per heavy atom. The lowest BCUT2D eigenvalue weighted by Crippen LogP contribution is -2.44. The lowest BCUT2D eigenvalue weighted by molar-refractivity contribution is 0.0480. The first-order chi connectivity index (χ1) is 16.0. The molecule has 4 N–H and O–H groups in total. The largest absolute Gasteiger partial charge is 0.444 e. The lowest BCUT2D eigenvalue weighted by atomic mass is 10.1. The van der Waals surface area contributed by atoms with Crippen LogP contribution in [-0.4, -0.2) is 54.5 Å². The topological polar surface area (TPSA) is 121 Å². The lowest BCUT2D eigenvalue weighted by Gasteiger charge is -2.24. The predicted octanol–water partition coefficient (Wildman–Crippen LogP) is 3.92. The molecule has 3 amide bonds. The number of anilines is 2. The number of amides is 3. The molecule has 1 unspecified atom stereocenters. The molecule has 1 aromatic rings. The van der Waals surface area contributed by atoms with E-state index in [1.807, 2.05) is 18.7 Å². The highest BCUT2D eigenvalue weighted by Gasteiger charge is 2.29. The number of hydrazine groups is 1. The summed E-state index contributed by atoms with van der Waals surface area (Å²) in [5, 5.41) is 5.97. The third-order valence-corrected chi connectivity index (χ3v) is 4.70. The third-order valence-electron chi connectivity index (χ3n) is 4.70. The summed E-state index contributed by atoms with van der Waals surface area (Å²) in [4.78, 5) is 38.5. The normalized spacial score (nSPS) is 16.1. The SMILES string of the molecule is CC(C)Nc1cc(N2CCC(NC(=O)OC(C)(C)C)C2)c(F)cc1C(=O)NNC(=O)OC(C)(C)C. The van der Waals surface area contributed by atoms with E-state index in [9.17, 15) is 14.4 Å². The van der Waals surface area contributed by atoms with E-state index >= 15 is 4.39 Å². The van der Waals surface area contributed by atoms with Crippen LogP contribution in [0.5, 0.6) is 0 Å². The van der Waals surface area contributed by atoms with Gasteiger partial charge in [-0.05, 0) is 73.9 Å². The van der Waals surface area contributed by atoms with Crippen LogP contribution in [0.2, 0.25) is 0 Å². The molecule has 1 aliphatic heterocycles. The maximum atomic E-state index is 15.1. The summed E-state index contributed by atoms with van der Waals surface area (Å²) in [6, 6.07) is 2.44. The first-order valence-electron chi connectivity index (χ1n) is 11.7. The Labute approximate surface area is 206 Å². The Hall–Kier alpha value is -3.24. The van der Waals surface area contributed by atoms with E-state index in [0.29, 0.717) is 30.9 Å². The maximum absolute atomic E-state index is 15.1. The van der Waals surface area contributed by atoms with Gasteiger partial charge in [-0.3, -0.25) is 10.2 Å². The molecule has 1 atom stereocenters. The fraction of sp³-hybridized carbons (Fsp3) is 0.625. The fourth-order valence-electron chi connectivity index (χ4n) is 3.47. The molecule has 2 rings (SSSR count). The van der Waals surface area contributed by atoms with Crippen LogP contribution >= 0.6 is 0 Å². The monoisotopic (exact) mass is 495 g/mol. The minimum atomic E-state index is -0.832. The molecule has 1 fully saturated rings. The van der Waals surface area contributed by atoms with E-state index in [2.05, 4.69) is 21.5 Å². The third kappa shape index (κ3) is 9.14. The van der Waals surface area contributed by atoms with Crippen molar-refractivity contribution in [2.24, 2.45) is 0 Å². The summed E-state index contributed by atoms with van der Waals surface area (Å²) < 4.78 is 25.5. The van der Waals surface area contributed by atoms with Crippen LogP contribution < -0.4 is 26.4 Å². The zero-order chi connectivity index (χ0) is 26.6. The Morgan fingerprint density at radius 3 is 2.17 bits per heavy atom. The van der Waals surface area contributed by atoms with Gasteiger partial charge >= 0.3 is 12.2 Å². The van der Waals surface area contributed by atoms with Crippen molar-refractivity contribution in [1.29, 1.82) is 0 Å². The highest BCUT2D eigenvalue weighted by Crippen LogP contribution is 2.30. The average Bonchev–Trinajstić information content (AvgIpc) is 3.11. The number of carbonyl (C=O) groups is 3. The number of ether oxygens (including phenoxy) is 2. The molecule has 0 aliphatic carbocycles. The molecule has 1 saturated heterocycles. The molecule has 0 bridgehead atoms. The first-order valence-corrected chi connectivity index (χ1v) is 11.7. The van der Waals surface area contributed by atoms with Gasteiger partial charge in [0.05, 0.1) is 17.3 Å². The summed E-state index contributed by atoms with van der Waals surface area (Å²) in [6.07, 6.45) is -0.730. The second kappa shape index (κ2) is 11.0. The summed E-state index contributed by atoms with van der Waals surface area (Å²) in [5.41, 5.74) is 3.82. The summed E-state index contributed by atoms with van der Waals surface area (Å²) in [6.45, 7) is 15.1. The number of hydrogen-bond donors (Lipinski definition) is 4. The van der Waals surface area contributed by atoms with Crippen LogP contribution in [0.4, 0.5) is 25.4 Å². The summed E-state index contributed by atoms with van der Waals surface area (Å²) in [5.74, 6) is -1.30. The van der Waals surface area contributed by atoms with Crippen LogP contribution in [0.3, 0.4) is 0 Å². The smallest absolute Gasteiger partial charge is 0.426 e. The van der Waals surface area contributed by atoms with Crippen LogP contribution in [0.1, 0.15) is 72.2 Å². The molecule has 0 radical (unpaired) electrons. The van der Waals surface area contributed by atoms with Crippen LogP contribution in [0, 0.1) is 5.82 Å². The molecule has 10 nitrogen and oxygen atoms in total. The van der Waals surface area contributed by atoms with Gasteiger partial charge in [0.1, 0.15) is 17.0 Å². The van der Waals surface area contributed by atoms with Gasteiger partial charge in [-0.15, -0.1) is 0 Å². The Balaban J connectivity index is 2.15. The quantitative estimate of drug-likeness (QED) is 0.457. The zero-order valence-electron chi connectivity index (χ0n) is 21.8. The van der Waals surface area contributed by atoms with Gasteiger partial charge in [0, 0.05) is 24.8 Å².